The molecular formula is C7H11NO3. The van der Waals surface area contributed by atoms with E-state index in [-0.39, 0.29) is 18.6 Å². The number of ether oxygens (including phenoxy) is 2. The Morgan fingerprint density at radius 3 is 3.27 bits per heavy atom. The molecule has 0 aromatic carbocycles. The highest BCUT2D eigenvalue weighted by atomic mass is 16.5. The van der Waals surface area contributed by atoms with Gasteiger partial charge in [-0.2, -0.15) is 0 Å². The average Bonchev–Trinajstić information content (AvgIpc) is 2.38. The fraction of sp³-hybridized carbons (Fsp3) is 0.857. The Labute approximate surface area is 64.9 Å². The maximum absolute atomic E-state index is 10.8. The van der Waals surface area contributed by atoms with Crippen molar-refractivity contribution in [1.29, 1.82) is 0 Å². The van der Waals surface area contributed by atoms with E-state index in [0.29, 0.717) is 25.7 Å². The molecule has 0 unspecified atom stereocenters. The van der Waals surface area contributed by atoms with Gasteiger partial charge in [-0.25, -0.2) is 0 Å². The van der Waals surface area contributed by atoms with Gasteiger partial charge in [0.2, 0.25) is 5.91 Å². The summed E-state index contributed by atoms with van der Waals surface area (Å²) in [5, 5.41) is 2.77. The van der Waals surface area contributed by atoms with E-state index in [0.717, 1.165) is 0 Å². The zero-order valence-corrected chi connectivity index (χ0v) is 6.21. The molecule has 0 aliphatic carbocycles. The highest BCUT2D eigenvalue weighted by Gasteiger charge is 2.31. The van der Waals surface area contributed by atoms with E-state index in [1.807, 2.05) is 0 Å². The first kappa shape index (κ1) is 7.06. The fourth-order valence-corrected chi connectivity index (χ4v) is 1.43. The van der Waals surface area contributed by atoms with Crippen molar-refractivity contribution in [3.05, 3.63) is 0 Å². The Morgan fingerprint density at radius 2 is 2.36 bits per heavy atom. The molecule has 1 N–H and O–H groups in total. The summed E-state index contributed by atoms with van der Waals surface area (Å²) in [6, 6.07) is 0. The summed E-state index contributed by atoms with van der Waals surface area (Å²) in [7, 11) is 0. The van der Waals surface area contributed by atoms with E-state index < -0.39 is 0 Å². The lowest BCUT2D eigenvalue weighted by molar-refractivity contribution is -0.125. The second-order valence-corrected chi connectivity index (χ2v) is 2.95. The summed E-state index contributed by atoms with van der Waals surface area (Å²) in [6.07, 6.45) is 0.133. The fourth-order valence-electron chi connectivity index (χ4n) is 1.43. The third-order valence-electron chi connectivity index (χ3n) is 2.13. The Balaban J connectivity index is 2.00. The molecule has 4 nitrogen and oxygen atoms in total. The van der Waals surface area contributed by atoms with Gasteiger partial charge in [-0.15, -0.1) is 0 Å². The van der Waals surface area contributed by atoms with Gasteiger partial charge in [-0.05, 0) is 0 Å². The van der Waals surface area contributed by atoms with Crippen LogP contribution >= 0.6 is 0 Å². The molecule has 2 atom stereocenters. The van der Waals surface area contributed by atoms with Gasteiger partial charge in [0, 0.05) is 12.5 Å². The van der Waals surface area contributed by atoms with Crippen molar-refractivity contribution < 1.29 is 14.3 Å². The first-order valence-electron chi connectivity index (χ1n) is 3.82. The molecule has 0 spiro atoms. The minimum atomic E-state index is -0.0144. The number of hydrogen-bond acceptors (Lipinski definition) is 3. The average molecular weight is 157 g/mol. The van der Waals surface area contributed by atoms with Gasteiger partial charge in [0.05, 0.1) is 19.3 Å². The summed E-state index contributed by atoms with van der Waals surface area (Å²) in [4.78, 5) is 10.8. The maximum Gasteiger partial charge on any atom is 0.246 e. The van der Waals surface area contributed by atoms with Gasteiger partial charge in [-0.1, -0.05) is 0 Å². The highest BCUT2D eigenvalue weighted by molar-refractivity contribution is 5.77. The van der Waals surface area contributed by atoms with Crippen LogP contribution in [0.4, 0.5) is 0 Å². The molecule has 2 aliphatic heterocycles. The molecule has 2 heterocycles. The van der Waals surface area contributed by atoms with E-state index in [1.165, 1.54) is 0 Å². The molecule has 2 saturated heterocycles. The van der Waals surface area contributed by atoms with Crippen LogP contribution in [0.3, 0.4) is 0 Å². The van der Waals surface area contributed by atoms with Crippen molar-refractivity contribution in [3.8, 4) is 0 Å². The number of rotatable bonds is 0. The third-order valence-corrected chi connectivity index (χ3v) is 2.13. The van der Waals surface area contributed by atoms with Crippen LogP contribution in [0, 0.1) is 5.92 Å². The number of amides is 1. The molecule has 4 heteroatoms. The summed E-state index contributed by atoms with van der Waals surface area (Å²) in [5.41, 5.74) is 0. The van der Waals surface area contributed by atoms with Crippen LogP contribution < -0.4 is 5.32 Å². The van der Waals surface area contributed by atoms with Gasteiger partial charge >= 0.3 is 0 Å². The molecule has 1 amide bonds. The normalized spacial score (nSPS) is 37.6. The molecule has 0 bridgehead atoms. The Hall–Kier alpha value is -0.610. The summed E-state index contributed by atoms with van der Waals surface area (Å²) < 4.78 is 10.5. The van der Waals surface area contributed by atoms with Gasteiger partial charge in [0.15, 0.2) is 0 Å². The molecule has 0 aromatic heterocycles. The van der Waals surface area contributed by atoms with Gasteiger partial charge in [0.1, 0.15) is 6.61 Å². The summed E-state index contributed by atoms with van der Waals surface area (Å²) in [6.45, 7) is 2.23. The zero-order chi connectivity index (χ0) is 7.68. The molecule has 11 heavy (non-hydrogen) atoms. The minimum absolute atomic E-state index is 0.0144. The molecule has 0 radical (unpaired) electrons. The van der Waals surface area contributed by atoms with E-state index in [2.05, 4.69) is 5.32 Å². The summed E-state index contributed by atoms with van der Waals surface area (Å²) in [5.74, 6) is 0.348. The van der Waals surface area contributed by atoms with Crippen molar-refractivity contribution in [3.63, 3.8) is 0 Å². The zero-order valence-electron chi connectivity index (χ0n) is 6.21. The van der Waals surface area contributed by atoms with Gasteiger partial charge in [0.25, 0.3) is 0 Å². The number of hydrogen-bond donors (Lipinski definition) is 1. The van der Waals surface area contributed by atoms with Crippen molar-refractivity contribution in [2.75, 3.05) is 26.4 Å². The first-order valence-corrected chi connectivity index (χ1v) is 3.82. The Morgan fingerprint density at radius 1 is 1.45 bits per heavy atom. The lowest BCUT2D eigenvalue weighted by Crippen LogP contribution is -2.29. The molecule has 62 valence electrons. The van der Waals surface area contributed by atoms with Crippen LogP contribution in [-0.2, 0) is 14.3 Å². The van der Waals surface area contributed by atoms with Crippen LogP contribution in [0.15, 0.2) is 0 Å². The van der Waals surface area contributed by atoms with Gasteiger partial charge < -0.3 is 14.8 Å². The largest absolute Gasteiger partial charge is 0.378 e. The van der Waals surface area contributed by atoms with E-state index in [4.69, 9.17) is 9.47 Å². The van der Waals surface area contributed by atoms with Crippen LogP contribution in [0.5, 0.6) is 0 Å². The third kappa shape index (κ3) is 1.36. The smallest absolute Gasteiger partial charge is 0.246 e. The standard InChI is InChI=1S/C7H11NO3/c9-7-4-11-6-3-10-2-5(6)1-8-7/h5-6H,1-4H2,(H,8,9)/t5-,6+/m1/s1. The number of fused-ring (bicyclic) bond motifs is 1. The van der Waals surface area contributed by atoms with E-state index in [1.54, 1.807) is 0 Å². The summed E-state index contributed by atoms with van der Waals surface area (Å²) >= 11 is 0. The van der Waals surface area contributed by atoms with Crippen LogP contribution in [0.1, 0.15) is 0 Å². The number of nitrogens with one attached hydrogen (secondary N) is 1. The second kappa shape index (κ2) is 2.79. The number of carbonyl (C=O) groups is 1. The molecular weight excluding hydrogens is 146 g/mol. The van der Waals surface area contributed by atoms with Crippen molar-refractivity contribution in [2.24, 2.45) is 5.92 Å². The molecule has 2 fully saturated rings. The second-order valence-electron chi connectivity index (χ2n) is 2.95. The molecule has 0 aromatic rings. The van der Waals surface area contributed by atoms with Crippen molar-refractivity contribution in [2.45, 2.75) is 6.10 Å². The quantitative estimate of drug-likeness (QED) is 0.498. The topological polar surface area (TPSA) is 47.6 Å². The van der Waals surface area contributed by atoms with Crippen LogP contribution in [-0.4, -0.2) is 38.4 Å². The predicted molar refractivity (Wildman–Crippen MR) is 37.1 cm³/mol. The van der Waals surface area contributed by atoms with Crippen molar-refractivity contribution >= 4 is 5.91 Å². The lowest BCUT2D eigenvalue weighted by atomic mass is 10.1. The predicted octanol–water partition coefficient (Wildman–Crippen LogP) is -0.852. The van der Waals surface area contributed by atoms with Crippen LogP contribution in [0.2, 0.25) is 0 Å². The SMILES string of the molecule is O=C1CO[C@H]2COC[C@H]2CN1. The lowest BCUT2D eigenvalue weighted by Gasteiger charge is -2.11. The van der Waals surface area contributed by atoms with E-state index >= 15 is 0 Å². The Kier molecular flexibility index (Phi) is 1.79. The molecule has 2 aliphatic rings. The molecule has 0 saturated carbocycles. The van der Waals surface area contributed by atoms with Gasteiger partial charge in [-0.3, -0.25) is 4.79 Å². The van der Waals surface area contributed by atoms with Crippen LogP contribution in [0.25, 0.3) is 0 Å². The maximum atomic E-state index is 10.8. The number of carbonyl (C=O) groups excluding carboxylic acids is 1. The Bertz CT molecular complexity index is 155. The minimum Gasteiger partial charge on any atom is -0.378 e. The molecule has 2 rings (SSSR count). The highest BCUT2D eigenvalue weighted by Crippen LogP contribution is 2.17. The van der Waals surface area contributed by atoms with Crippen molar-refractivity contribution in [1.82, 2.24) is 5.32 Å². The first-order chi connectivity index (χ1) is 5.36. The monoisotopic (exact) mass is 157 g/mol. The van der Waals surface area contributed by atoms with E-state index in [9.17, 15) is 4.79 Å².